The van der Waals surface area contributed by atoms with Crippen LogP contribution in [0.3, 0.4) is 0 Å². The zero-order chi connectivity index (χ0) is 16.8. The second-order valence-electron chi connectivity index (χ2n) is 5.34. The number of nitrogens with zero attached hydrogens (tertiary/aromatic N) is 1. The first-order valence-corrected chi connectivity index (χ1v) is 7.17. The van der Waals surface area contributed by atoms with Crippen molar-refractivity contribution >= 4 is 17.5 Å². The molecule has 7 heteroatoms. The smallest absolute Gasteiger partial charge is 0.313 e. The average molecular weight is 317 g/mol. The molecule has 0 aliphatic rings. The van der Waals surface area contributed by atoms with Crippen LogP contribution in [-0.2, 0) is 9.59 Å². The summed E-state index contributed by atoms with van der Waals surface area (Å²) in [5, 5.41) is 5.09. The summed E-state index contributed by atoms with van der Waals surface area (Å²) in [4.78, 5) is 27.4. The standard InChI is InChI=1S/C16H19N3O4/c1-10(2)7-18-15(20)16(21)19-11-4-5-12(13(6-11)22-3)14-8-17-9-23-14/h4-6,8-10H,7H2,1-3H3,(H,18,20)(H,19,21). The van der Waals surface area contributed by atoms with Crippen LogP contribution in [0.2, 0.25) is 0 Å². The third-order valence-electron chi connectivity index (χ3n) is 3.03. The van der Waals surface area contributed by atoms with Gasteiger partial charge in [-0.3, -0.25) is 9.59 Å². The summed E-state index contributed by atoms with van der Waals surface area (Å²) in [6.45, 7) is 4.34. The molecule has 0 aliphatic heterocycles. The summed E-state index contributed by atoms with van der Waals surface area (Å²) in [7, 11) is 1.51. The van der Waals surface area contributed by atoms with E-state index in [-0.39, 0.29) is 5.92 Å². The van der Waals surface area contributed by atoms with E-state index in [2.05, 4.69) is 15.6 Å². The summed E-state index contributed by atoms with van der Waals surface area (Å²) < 4.78 is 10.5. The van der Waals surface area contributed by atoms with Gasteiger partial charge in [0.05, 0.1) is 18.9 Å². The highest BCUT2D eigenvalue weighted by Gasteiger charge is 2.15. The molecule has 2 N–H and O–H groups in total. The fraction of sp³-hybridized carbons (Fsp3) is 0.312. The number of amides is 2. The van der Waals surface area contributed by atoms with E-state index in [0.717, 1.165) is 0 Å². The molecule has 0 fully saturated rings. The zero-order valence-corrected chi connectivity index (χ0v) is 13.3. The number of carbonyl (C=O) groups excluding carboxylic acids is 2. The number of rotatable bonds is 5. The molecule has 23 heavy (non-hydrogen) atoms. The molecule has 0 radical (unpaired) electrons. The van der Waals surface area contributed by atoms with Crippen molar-refractivity contribution in [2.24, 2.45) is 5.92 Å². The molecule has 0 saturated carbocycles. The molecule has 0 atom stereocenters. The Morgan fingerprint density at radius 2 is 2.09 bits per heavy atom. The highest BCUT2D eigenvalue weighted by molar-refractivity contribution is 6.39. The lowest BCUT2D eigenvalue weighted by Gasteiger charge is -2.11. The van der Waals surface area contributed by atoms with Crippen molar-refractivity contribution in [2.45, 2.75) is 13.8 Å². The van der Waals surface area contributed by atoms with Gasteiger partial charge >= 0.3 is 11.8 Å². The number of carbonyl (C=O) groups is 2. The average Bonchev–Trinajstić information content (AvgIpc) is 3.06. The lowest BCUT2D eigenvalue weighted by atomic mass is 10.1. The number of anilines is 1. The molecule has 2 rings (SSSR count). The highest BCUT2D eigenvalue weighted by atomic mass is 16.5. The van der Waals surface area contributed by atoms with Crippen LogP contribution < -0.4 is 15.4 Å². The number of hydrogen-bond acceptors (Lipinski definition) is 5. The van der Waals surface area contributed by atoms with Crippen LogP contribution in [0, 0.1) is 5.92 Å². The van der Waals surface area contributed by atoms with Crippen molar-refractivity contribution in [3.63, 3.8) is 0 Å². The molecule has 1 aromatic carbocycles. The van der Waals surface area contributed by atoms with E-state index >= 15 is 0 Å². The van der Waals surface area contributed by atoms with Gasteiger partial charge in [-0.15, -0.1) is 0 Å². The van der Waals surface area contributed by atoms with Gasteiger partial charge in [0.2, 0.25) is 0 Å². The van der Waals surface area contributed by atoms with E-state index in [0.29, 0.717) is 29.3 Å². The Morgan fingerprint density at radius 3 is 2.70 bits per heavy atom. The first-order valence-electron chi connectivity index (χ1n) is 7.17. The fourth-order valence-corrected chi connectivity index (χ4v) is 1.89. The minimum Gasteiger partial charge on any atom is -0.496 e. The number of hydrogen-bond donors (Lipinski definition) is 2. The first kappa shape index (κ1) is 16.5. The van der Waals surface area contributed by atoms with Crippen molar-refractivity contribution in [2.75, 3.05) is 19.0 Å². The van der Waals surface area contributed by atoms with Crippen molar-refractivity contribution in [3.8, 4) is 17.1 Å². The van der Waals surface area contributed by atoms with Gasteiger partial charge in [-0.2, -0.15) is 0 Å². The molecule has 122 valence electrons. The molecule has 0 saturated heterocycles. The van der Waals surface area contributed by atoms with E-state index in [1.54, 1.807) is 24.4 Å². The van der Waals surface area contributed by atoms with Gasteiger partial charge in [0.25, 0.3) is 0 Å². The van der Waals surface area contributed by atoms with Crippen LogP contribution in [0.25, 0.3) is 11.3 Å². The maximum Gasteiger partial charge on any atom is 0.313 e. The molecule has 2 amide bonds. The molecule has 1 aromatic heterocycles. The topological polar surface area (TPSA) is 93.5 Å². The Kier molecular flexibility index (Phi) is 5.35. The second-order valence-corrected chi connectivity index (χ2v) is 5.34. The molecular weight excluding hydrogens is 298 g/mol. The number of ether oxygens (including phenoxy) is 1. The van der Waals surface area contributed by atoms with Crippen molar-refractivity contribution < 1.29 is 18.7 Å². The van der Waals surface area contributed by atoms with Crippen molar-refractivity contribution in [3.05, 3.63) is 30.8 Å². The Bertz CT molecular complexity index is 681. The maximum absolute atomic E-state index is 11.8. The lowest BCUT2D eigenvalue weighted by Crippen LogP contribution is -2.37. The van der Waals surface area contributed by atoms with E-state index in [1.165, 1.54) is 13.5 Å². The van der Waals surface area contributed by atoms with Crippen LogP contribution in [0.15, 0.2) is 35.2 Å². The normalized spacial score (nSPS) is 10.4. The van der Waals surface area contributed by atoms with Gasteiger partial charge in [-0.25, -0.2) is 4.98 Å². The van der Waals surface area contributed by atoms with Gasteiger partial charge in [-0.1, -0.05) is 13.8 Å². The second kappa shape index (κ2) is 7.44. The minimum absolute atomic E-state index is 0.271. The van der Waals surface area contributed by atoms with Crippen molar-refractivity contribution in [1.29, 1.82) is 0 Å². The number of oxazole rings is 1. The molecule has 0 bridgehead atoms. The minimum atomic E-state index is -0.722. The Hall–Kier alpha value is -2.83. The van der Waals surface area contributed by atoms with E-state index in [1.807, 2.05) is 13.8 Å². The quantitative estimate of drug-likeness (QED) is 0.823. The van der Waals surface area contributed by atoms with Crippen LogP contribution in [0.4, 0.5) is 5.69 Å². The van der Waals surface area contributed by atoms with E-state index < -0.39 is 11.8 Å². The summed E-state index contributed by atoms with van der Waals surface area (Å²) in [5.41, 5.74) is 1.15. The summed E-state index contributed by atoms with van der Waals surface area (Å²) >= 11 is 0. The van der Waals surface area contributed by atoms with Gasteiger partial charge < -0.3 is 19.8 Å². The van der Waals surface area contributed by atoms with Crippen LogP contribution in [0.5, 0.6) is 5.75 Å². The summed E-state index contributed by atoms with van der Waals surface area (Å²) in [6, 6.07) is 5.00. The summed E-state index contributed by atoms with van der Waals surface area (Å²) in [6.07, 6.45) is 2.89. The maximum atomic E-state index is 11.8. The Morgan fingerprint density at radius 1 is 1.30 bits per heavy atom. The third kappa shape index (κ3) is 4.32. The lowest BCUT2D eigenvalue weighted by molar-refractivity contribution is -0.136. The number of aromatic nitrogens is 1. The third-order valence-corrected chi connectivity index (χ3v) is 3.03. The largest absolute Gasteiger partial charge is 0.496 e. The van der Waals surface area contributed by atoms with Gasteiger partial charge in [0.15, 0.2) is 12.2 Å². The first-order chi connectivity index (χ1) is 11.0. The highest BCUT2D eigenvalue weighted by Crippen LogP contribution is 2.32. The van der Waals surface area contributed by atoms with Gasteiger partial charge in [-0.05, 0) is 18.1 Å². The summed E-state index contributed by atoms with van der Waals surface area (Å²) in [5.74, 6) is -0.0679. The van der Waals surface area contributed by atoms with Crippen molar-refractivity contribution in [1.82, 2.24) is 10.3 Å². The van der Waals surface area contributed by atoms with Gasteiger partial charge in [0.1, 0.15) is 5.75 Å². The number of benzene rings is 1. The molecule has 1 heterocycles. The molecule has 7 nitrogen and oxygen atoms in total. The molecule has 0 spiro atoms. The van der Waals surface area contributed by atoms with Crippen LogP contribution in [0.1, 0.15) is 13.8 Å². The zero-order valence-electron chi connectivity index (χ0n) is 13.3. The Labute approximate surface area is 134 Å². The monoisotopic (exact) mass is 317 g/mol. The van der Waals surface area contributed by atoms with Crippen LogP contribution in [-0.4, -0.2) is 30.5 Å². The Balaban J connectivity index is 2.09. The van der Waals surface area contributed by atoms with E-state index in [9.17, 15) is 9.59 Å². The molecule has 0 aliphatic carbocycles. The van der Waals surface area contributed by atoms with Gasteiger partial charge in [0, 0.05) is 18.3 Å². The predicted octanol–water partition coefficient (Wildman–Crippen LogP) is 2.06. The van der Waals surface area contributed by atoms with E-state index in [4.69, 9.17) is 9.15 Å². The number of methoxy groups -OCH3 is 1. The predicted molar refractivity (Wildman–Crippen MR) is 85.0 cm³/mol. The molecular formula is C16H19N3O4. The number of nitrogens with one attached hydrogen (secondary N) is 2. The molecule has 2 aromatic rings. The SMILES string of the molecule is COc1cc(NC(=O)C(=O)NCC(C)C)ccc1-c1cnco1. The fourth-order valence-electron chi connectivity index (χ4n) is 1.89. The van der Waals surface area contributed by atoms with Crippen LogP contribution >= 0.6 is 0 Å². The molecule has 0 unspecified atom stereocenters.